The van der Waals surface area contributed by atoms with Crippen molar-refractivity contribution in [2.75, 3.05) is 50.7 Å². The van der Waals surface area contributed by atoms with Crippen LogP contribution in [0.2, 0.25) is 0 Å². The fourth-order valence-corrected chi connectivity index (χ4v) is 4.80. The number of aromatic nitrogens is 2. The Morgan fingerprint density at radius 1 is 1.06 bits per heavy atom. The van der Waals surface area contributed by atoms with E-state index in [0.29, 0.717) is 19.4 Å². The number of hydrogen-bond acceptors (Lipinski definition) is 5. The van der Waals surface area contributed by atoms with Crippen molar-refractivity contribution in [2.45, 2.75) is 32.2 Å². The summed E-state index contributed by atoms with van der Waals surface area (Å²) >= 11 is 0. The molecule has 2 fully saturated rings. The van der Waals surface area contributed by atoms with Gasteiger partial charge in [0.15, 0.2) is 0 Å². The second kappa shape index (κ2) is 11.3. The topological polar surface area (TPSA) is 73.7 Å². The van der Waals surface area contributed by atoms with Crippen molar-refractivity contribution >= 4 is 17.6 Å². The van der Waals surface area contributed by atoms with Crippen molar-refractivity contribution < 1.29 is 9.59 Å². The van der Waals surface area contributed by atoms with Crippen LogP contribution >= 0.6 is 0 Å². The Labute approximate surface area is 196 Å². The maximum absolute atomic E-state index is 13.4. The monoisotopic (exact) mass is 452 g/mol. The van der Waals surface area contributed by atoms with Crippen molar-refractivity contribution in [2.24, 2.45) is 13.0 Å². The first-order chi connectivity index (χ1) is 16.1. The highest BCUT2D eigenvalue weighted by Crippen LogP contribution is 2.20. The fourth-order valence-electron chi connectivity index (χ4n) is 4.80. The quantitative estimate of drug-likeness (QED) is 0.767. The van der Waals surface area contributed by atoms with Gasteiger partial charge in [0.1, 0.15) is 5.82 Å². The number of rotatable bonds is 4. The van der Waals surface area contributed by atoms with Gasteiger partial charge in [-0.3, -0.25) is 14.5 Å². The van der Waals surface area contributed by atoms with E-state index in [1.165, 1.54) is 5.69 Å². The number of nitrogens with zero attached hydrogens (tertiary/aromatic N) is 5. The molecule has 4 heterocycles. The van der Waals surface area contributed by atoms with Crippen LogP contribution in [0.15, 0.2) is 42.7 Å². The molecule has 1 atom stereocenters. The molecule has 4 rings (SSSR count). The van der Waals surface area contributed by atoms with Gasteiger partial charge in [0, 0.05) is 83.3 Å². The molecule has 2 aliphatic heterocycles. The second-order valence-electron chi connectivity index (χ2n) is 9.11. The summed E-state index contributed by atoms with van der Waals surface area (Å²) in [5.74, 6) is 1.24. The van der Waals surface area contributed by atoms with Gasteiger partial charge < -0.3 is 19.7 Å². The molecule has 2 saturated heterocycles. The summed E-state index contributed by atoms with van der Waals surface area (Å²) in [6, 6.07) is 10.1. The number of piperazine rings is 1. The zero-order valence-electron chi connectivity index (χ0n) is 19.7. The molecule has 1 N–H and O–H groups in total. The summed E-state index contributed by atoms with van der Waals surface area (Å²) in [4.78, 5) is 36.7. The lowest BCUT2D eigenvalue weighted by Gasteiger charge is -2.37. The second-order valence-corrected chi connectivity index (χ2v) is 9.11. The van der Waals surface area contributed by atoms with Crippen molar-refractivity contribution in [1.29, 1.82) is 0 Å². The number of nitrogens with one attached hydrogen (secondary N) is 1. The summed E-state index contributed by atoms with van der Waals surface area (Å²) < 4.78 is 2.13. The van der Waals surface area contributed by atoms with Gasteiger partial charge in [0.05, 0.1) is 0 Å². The van der Waals surface area contributed by atoms with E-state index in [2.05, 4.69) is 50.0 Å². The van der Waals surface area contributed by atoms with Gasteiger partial charge in [-0.05, 0) is 50.1 Å². The minimum absolute atomic E-state index is 0.0401. The van der Waals surface area contributed by atoms with Crippen LogP contribution in [0, 0.1) is 5.92 Å². The Balaban J connectivity index is 1.33. The Kier molecular flexibility index (Phi) is 7.99. The van der Waals surface area contributed by atoms with E-state index in [4.69, 9.17) is 0 Å². The van der Waals surface area contributed by atoms with Crippen LogP contribution in [-0.4, -0.2) is 77.0 Å². The van der Waals surface area contributed by atoms with Crippen LogP contribution in [0.5, 0.6) is 0 Å². The van der Waals surface area contributed by atoms with E-state index < -0.39 is 0 Å². The molecule has 178 valence electrons. The normalized spacial score (nSPS) is 21.4. The van der Waals surface area contributed by atoms with E-state index in [1.54, 1.807) is 0 Å². The highest BCUT2D eigenvalue weighted by atomic mass is 16.2. The Morgan fingerprint density at radius 2 is 1.91 bits per heavy atom. The van der Waals surface area contributed by atoms with Gasteiger partial charge in [0.2, 0.25) is 11.8 Å². The minimum atomic E-state index is -0.0401. The summed E-state index contributed by atoms with van der Waals surface area (Å²) in [7, 11) is 2.05. The van der Waals surface area contributed by atoms with Gasteiger partial charge in [0.25, 0.3) is 0 Å². The summed E-state index contributed by atoms with van der Waals surface area (Å²) in [5, 5.41) is 3.03. The first-order valence-electron chi connectivity index (χ1n) is 12.1. The van der Waals surface area contributed by atoms with E-state index in [-0.39, 0.29) is 17.7 Å². The molecule has 2 aromatic rings. The first-order valence-corrected chi connectivity index (χ1v) is 12.1. The average Bonchev–Trinajstić information content (AvgIpc) is 3.23. The molecule has 2 amide bonds. The number of anilines is 1. The standard InChI is InChI=1S/C25H36N6O2/c1-28-13-5-7-22(28)20-29-14-4-6-21(9-12-27-24(32)10-15-29)25(33)31-18-16-30(17-19-31)23-8-2-3-11-26-23/h2-3,5,7-8,11,13,21H,4,6,9-10,12,14-20H2,1H3,(H,27,32). The molecular formula is C25H36N6O2. The lowest BCUT2D eigenvalue weighted by Crippen LogP contribution is -2.51. The van der Waals surface area contributed by atoms with Crippen LogP contribution < -0.4 is 10.2 Å². The van der Waals surface area contributed by atoms with Crippen molar-refractivity contribution in [1.82, 2.24) is 24.7 Å². The van der Waals surface area contributed by atoms with Crippen LogP contribution in [-0.2, 0) is 23.2 Å². The molecule has 0 bridgehead atoms. The van der Waals surface area contributed by atoms with E-state index in [1.807, 2.05) is 29.3 Å². The molecule has 8 heteroatoms. The smallest absolute Gasteiger partial charge is 0.225 e. The van der Waals surface area contributed by atoms with E-state index >= 15 is 0 Å². The van der Waals surface area contributed by atoms with Crippen LogP contribution in [0.3, 0.4) is 0 Å². The number of hydrogen-bond donors (Lipinski definition) is 1. The molecular weight excluding hydrogens is 416 g/mol. The largest absolute Gasteiger partial charge is 0.356 e. The predicted octanol–water partition coefficient (Wildman–Crippen LogP) is 1.88. The van der Waals surface area contributed by atoms with Gasteiger partial charge in [-0.1, -0.05) is 6.07 Å². The van der Waals surface area contributed by atoms with Gasteiger partial charge in [-0.2, -0.15) is 0 Å². The lowest BCUT2D eigenvalue weighted by atomic mass is 9.97. The van der Waals surface area contributed by atoms with Gasteiger partial charge in [-0.25, -0.2) is 4.98 Å². The Bertz CT molecular complexity index is 907. The van der Waals surface area contributed by atoms with Crippen LogP contribution in [0.4, 0.5) is 5.82 Å². The maximum Gasteiger partial charge on any atom is 0.225 e. The number of pyridine rings is 1. The molecule has 1 unspecified atom stereocenters. The zero-order valence-corrected chi connectivity index (χ0v) is 19.7. The van der Waals surface area contributed by atoms with E-state index in [9.17, 15) is 9.59 Å². The number of aryl methyl sites for hydroxylation is 1. The third kappa shape index (κ3) is 6.35. The minimum Gasteiger partial charge on any atom is -0.356 e. The fraction of sp³-hybridized carbons (Fsp3) is 0.560. The molecule has 0 saturated carbocycles. The van der Waals surface area contributed by atoms with E-state index in [0.717, 1.165) is 64.5 Å². The third-order valence-corrected chi connectivity index (χ3v) is 6.85. The van der Waals surface area contributed by atoms with Gasteiger partial charge in [-0.15, -0.1) is 0 Å². The molecule has 2 aromatic heterocycles. The molecule has 33 heavy (non-hydrogen) atoms. The van der Waals surface area contributed by atoms with Crippen molar-refractivity contribution in [3.05, 3.63) is 48.4 Å². The number of carbonyl (C=O) groups is 2. The average molecular weight is 453 g/mol. The summed E-state index contributed by atoms with van der Waals surface area (Å²) in [6.07, 6.45) is 6.89. The maximum atomic E-state index is 13.4. The molecule has 0 radical (unpaired) electrons. The summed E-state index contributed by atoms with van der Waals surface area (Å²) in [6.45, 7) is 6.08. The first kappa shape index (κ1) is 23.3. The van der Waals surface area contributed by atoms with Crippen molar-refractivity contribution in [3.8, 4) is 0 Å². The number of carbonyl (C=O) groups excluding carboxylic acids is 2. The Hall–Kier alpha value is -2.87. The third-order valence-electron chi connectivity index (χ3n) is 6.85. The number of amides is 2. The van der Waals surface area contributed by atoms with Gasteiger partial charge >= 0.3 is 0 Å². The SMILES string of the molecule is Cn1cccc1CN1CCCC(C(=O)N2CCN(c3ccccn3)CC2)CCNC(=O)CC1. The zero-order chi connectivity index (χ0) is 23.0. The molecule has 0 spiro atoms. The highest BCUT2D eigenvalue weighted by Gasteiger charge is 2.28. The molecule has 0 aromatic carbocycles. The predicted molar refractivity (Wildman–Crippen MR) is 129 cm³/mol. The van der Waals surface area contributed by atoms with Crippen molar-refractivity contribution in [3.63, 3.8) is 0 Å². The highest BCUT2D eigenvalue weighted by molar-refractivity contribution is 5.79. The summed E-state index contributed by atoms with van der Waals surface area (Å²) in [5.41, 5.74) is 1.24. The Morgan fingerprint density at radius 3 is 2.64 bits per heavy atom. The van der Waals surface area contributed by atoms with Crippen LogP contribution in [0.25, 0.3) is 0 Å². The molecule has 8 nitrogen and oxygen atoms in total. The van der Waals surface area contributed by atoms with Crippen LogP contribution in [0.1, 0.15) is 31.4 Å². The molecule has 2 aliphatic rings. The molecule has 0 aliphatic carbocycles. The lowest BCUT2D eigenvalue weighted by molar-refractivity contribution is -0.136.